The van der Waals surface area contributed by atoms with E-state index in [2.05, 4.69) is 36.1 Å². The summed E-state index contributed by atoms with van der Waals surface area (Å²) in [6.45, 7) is 8.07. The topological polar surface area (TPSA) is 52.0 Å². The number of benzene rings is 2. The molecule has 5 nitrogen and oxygen atoms in total. The van der Waals surface area contributed by atoms with Gasteiger partial charge in [-0.05, 0) is 90.7 Å². The van der Waals surface area contributed by atoms with Gasteiger partial charge in [-0.3, -0.25) is 0 Å². The van der Waals surface area contributed by atoms with E-state index in [-0.39, 0.29) is 5.82 Å². The van der Waals surface area contributed by atoms with Crippen LogP contribution in [0.3, 0.4) is 0 Å². The zero-order chi connectivity index (χ0) is 23.7. The van der Waals surface area contributed by atoms with E-state index < -0.39 is 8.07 Å². The Bertz CT molecular complexity index is 1160. The molecule has 1 aromatic heterocycles. The third kappa shape index (κ3) is 5.24. The summed E-state index contributed by atoms with van der Waals surface area (Å²) in [5.41, 5.74) is 7.03. The van der Waals surface area contributed by atoms with Crippen LogP contribution >= 0.6 is 11.8 Å². The van der Waals surface area contributed by atoms with Crippen molar-refractivity contribution in [3.05, 3.63) is 58.4 Å². The van der Waals surface area contributed by atoms with Crippen molar-refractivity contribution in [3.63, 3.8) is 0 Å². The maximum absolute atomic E-state index is 14.3. The third-order valence-corrected chi connectivity index (χ3v) is 9.22. The molecule has 8 heteroatoms. The van der Waals surface area contributed by atoms with Gasteiger partial charge in [0.1, 0.15) is 12.5 Å². The molecule has 0 fully saturated rings. The second kappa shape index (κ2) is 9.83. The number of fused-ring (bicyclic) bond motifs is 2. The number of nitrogens with zero attached hydrogens (tertiary/aromatic N) is 3. The fraction of sp³-hybridized carbons (Fsp3) is 0.462. The maximum atomic E-state index is 14.3. The molecular weight excluding hydrogens is 463 g/mol. The summed E-state index contributed by atoms with van der Waals surface area (Å²) in [5, 5.41) is 8.87. The highest BCUT2D eigenvalue weighted by atomic mass is 32.2. The van der Waals surface area contributed by atoms with Crippen LogP contribution < -0.4 is 5.32 Å². The average Bonchev–Trinajstić information content (AvgIpc) is 3.52. The van der Waals surface area contributed by atoms with Gasteiger partial charge in [-0.1, -0.05) is 37.8 Å². The SMILES string of the molecule is C[Si](C)(C)CCOCn1nc(Sc2ccccc2F)nc1Nc1c2c(cc3c1CCC3)CCC2. The van der Waals surface area contributed by atoms with Crippen LogP contribution in [0.5, 0.6) is 0 Å². The lowest BCUT2D eigenvalue weighted by Crippen LogP contribution is -2.22. The van der Waals surface area contributed by atoms with Gasteiger partial charge in [0.15, 0.2) is 0 Å². The predicted molar refractivity (Wildman–Crippen MR) is 138 cm³/mol. The van der Waals surface area contributed by atoms with E-state index in [1.165, 1.54) is 58.6 Å². The number of hydrogen-bond acceptors (Lipinski definition) is 5. The zero-order valence-corrected chi connectivity index (χ0v) is 22.1. The van der Waals surface area contributed by atoms with Crippen LogP contribution in [0.25, 0.3) is 0 Å². The van der Waals surface area contributed by atoms with Crippen molar-refractivity contribution in [3.8, 4) is 0 Å². The third-order valence-electron chi connectivity index (χ3n) is 6.61. The van der Waals surface area contributed by atoms with Crippen molar-refractivity contribution < 1.29 is 9.13 Å². The lowest BCUT2D eigenvalue weighted by Gasteiger charge is -2.18. The molecule has 5 rings (SSSR count). The highest BCUT2D eigenvalue weighted by Gasteiger charge is 2.25. The van der Waals surface area contributed by atoms with Crippen molar-refractivity contribution >= 4 is 31.5 Å². The molecule has 180 valence electrons. The smallest absolute Gasteiger partial charge is 0.228 e. The second-order valence-electron chi connectivity index (χ2n) is 10.5. The Kier molecular flexibility index (Phi) is 6.82. The Balaban J connectivity index is 1.43. The molecule has 0 aliphatic heterocycles. The number of nitrogens with one attached hydrogen (secondary N) is 1. The first-order valence-electron chi connectivity index (χ1n) is 12.3. The number of anilines is 2. The van der Waals surface area contributed by atoms with E-state index >= 15 is 0 Å². The summed E-state index contributed by atoms with van der Waals surface area (Å²) in [6.07, 6.45) is 6.91. The van der Waals surface area contributed by atoms with Crippen LogP contribution in [-0.4, -0.2) is 29.4 Å². The van der Waals surface area contributed by atoms with Crippen LogP contribution in [-0.2, 0) is 37.2 Å². The average molecular weight is 497 g/mol. The quantitative estimate of drug-likeness (QED) is 0.267. The molecule has 0 saturated carbocycles. The number of aromatic nitrogens is 3. The lowest BCUT2D eigenvalue weighted by molar-refractivity contribution is 0.0792. The fourth-order valence-electron chi connectivity index (χ4n) is 4.78. The number of aryl methyl sites for hydroxylation is 2. The molecule has 0 saturated heterocycles. The number of halogens is 1. The molecule has 2 aliphatic carbocycles. The summed E-state index contributed by atoms with van der Waals surface area (Å²) in [7, 11) is -1.18. The molecule has 0 radical (unpaired) electrons. The minimum atomic E-state index is -1.18. The van der Waals surface area contributed by atoms with Gasteiger partial charge in [0, 0.05) is 20.4 Å². The molecule has 0 bridgehead atoms. The van der Waals surface area contributed by atoms with Crippen LogP contribution in [0.15, 0.2) is 40.4 Å². The molecule has 0 amide bonds. The molecular formula is C26H33FN4OSSi. The van der Waals surface area contributed by atoms with Crippen molar-refractivity contribution in [2.24, 2.45) is 0 Å². The van der Waals surface area contributed by atoms with E-state index in [4.69, 9.17) is 9.72 Å². The number of ether oxygens (including phenoxy) is 1. The van der Waals surface area contributed by atoms with Crippen molar-refractivity contribution in [1.82, 2.24) is 14.8 Å². The number of rotatable bonds is 9. The highest BCUT2D eigenvalue weighted by Crippen LogP contribution is 2.40. The zero-order valence-electron chi connectivity index (χ0n) is 20.3. The minimum Gasteiger partial charge on any atom is -0.359 e. The molecule has 0 atom stereocenters. The number of hydrogen-bond donors (Lipinski definition) is 1. The summed E-state index contributed by atoms with van der Waals surface area (Å²) in [6, 6.07) is 10.3. The van der Waals surface area contributed by atoms with Crippen molar-refractivity contribution in [1.29, 1.82) is 0 Å². The molecule has 34 heavy (non-hydrogen) atoms. The molecule has 1 N–H and O–H groups in total. The Morgan fingerprint density at radius 3 is 2.44 bits per heavy atom. The summed E-state index contributed by atoms with van der Waals surface area (Å²) in [5.74, 6) is 0.407. The summed E-state index contributed by atoms with van der Waals surface area (Å²) < 4.78 is 22.1. The lowest BCUT2D eigenvalue weighted by atomic mass is 9.99. The summed E-state index contributed by atoms with van der Waals surface area (Å²) in [4.78, 5) is 5.31. The van der Waals surface area contributed by atoms with Gasteiger partial charge in [-0.2, -0.15) is 4.98 Å². The monoisotopic (exact) mass is 496 g/mol. The fourth-order valence-corrected chi connectivity index (χ4v) is 6.32. The molecule has 3 aromatic rings. The molecule has 2 aliphatic rings. The van der Waals surface area contributed by atoms with E-state index in [1.54, 1.807) is 16.8 Å². The molecule has 0 spiro atoms. The van der Waals surface area contributed by atoms with Crippen molar-refractivity contribution in [2.45, 2.75) is 81.0 Å². The van der Waals surface area contributed by atoms with Crippen LogP contribution in [0.4, 0.5) is 16.0 Å². The first kappa shape index (κ1) is 23.6. The predicted octanol–water partition coefficient (Wildman–Crippen LogP) is 6.60. The van der Waals surface area contributed by atoms with Gasteiger partial charge >= 0.3 is 0 Å². The van der Waals surface area contributed by atoms with Gasteiger partial charge in [0.2, 0.25) is 11.1 Å². The second-order valence-corrected chi connectivity index (χ2v) is 17.1. The standard InChI is InChI=1S/C26H33FN4OSSi/c1-34(2,3)15-14-32-17-31-25(29-26(30-31)33-23-13-5-4-12-22(23)27)28-24-20-10-6-8-18(20)16-19-9-7-11-21(19)24/h4-5,12-13,16H,6-11,14-15,17H2,1-3H3,(H,28,29,30). The van der Waals surface area contributed by atoms with Gasteiger partial charge < -0.3 is 10.1 Å². The van der Waals surface area contributed by atoms with E-state index in [9.17, 15) is 4.39 Å². The van der Waals surface area contributed by atoms with E-state index in [0.29, 0.717) is 29.3 Å². The van der Waals surface area contributed by atoms with Crippen molar-refractivity contribution in [2.75, 3.05) is 11.9 Å². The Labute approximate surface area is 206 Å². The Morgan fingerprint density at radius 2 is 1.76 bits per heavy atom. The molecule has 0 unspecified atom stereocenters. The van der Waals surface area contributed by atoms with E-state index in [1.807, 2.05) is 6.07 Å². The maximum Gasteiger partial charge on any atom is 0.228 e. The van der Waals surface area contributed by atoms with Crippen LogP contribution in [0.1, 0.15) is 35.1 Å². The largest absolute Gasteiger partial charge is 0.359 e. The Hall–Kier alpha value is -2.16. The van der Waals surface area contributed by atoms with Gasteiger partial charge in [0.05, 0.1) is 4.90 Å². The van der Waals surface area contributed by atoms with Gasteiger partial charge in [-0.15, -0.1) is 5.10 Å². The normalized spacial score (nSPS) is 14.9. The summed E-state index contributed by atoms with van der Waals surface area (Å²) >= 11 is 1.25. The first-order chi connectivity index (χ1) is 16.4. The molecule has 2 aromatic carbocycles. The molecule has 1 heterocycles. The first-order valence-corrected chi connectivity index (χ1v) is 16.8. The van der Waals surface area contributed by atoms with Crippen LogP contribution in [0, 0.1) is 5.82 Å². The van der Waals surface area contributed by atoms with E-state index in [0.717, 1.165) is 31.7 Å². The highest BCUT2D eigenvalue weighted by molar-refractivity contribution is 7.99. The van der Waals surface area contributed by atoms with Gasteiger partial charge in [-0.25, -0.2) is 9.07 Å². The Morgan fingerprint density at radius 1 is 1.06 bits per heavy atom. The minimum absolute atomic E-state index is 0.261. The van der Waals surface area contributed by atoms with Crippen LogP contribution in [0.2, 0.25) is 25.7 Å². The van der Waals surface area contributed by atoms with Gasteiger partial charge in [0.25, 0.3) is 0 Å².